The van der Waals surface area contributed by atoms with E-state index >= 15 is 0 Å². The molecule has 30 heavy (non-hydrogen) atoms. The lowest BCUT2D eigenvalue weighted by atomic mass is 9.72. The Morgan fingerprint density at radius 2 is 1.83 bits per heavy atom. The Kier molecular flexibility index (Phi) is 6.18. The predicted octanol–water partition coefficient (Wildman–Crippen LogP) is 6.03. The molecule has 0 atom stereocenters. The molecular weight excluding hydrogens is 418 g/mol. The topological polar surface area (TPSA) is 66.8 Å². The van der Waals surface area contributed by atoms with E-state index in [2.05, 4.69) is 33.9 Å². The summed E-state index contributed by atoms with van der Waals surface area (Å²) in [4.78, 5) is 26.6. The fourth-order valence-corrected chi connectivity index (χ4v) is 6.17. The summed E-state index contributed by atoms with van der Waals surface area (Å²) in [6.07, 6.45) is 4.55. The fourth-order valence-electron chi connectivity index (χ4n) is 4.48. The number of rotatable bonds is 4. The molecule has 1 aliphatic heterocycles. The maximum atomic E-state index is 13.4. The molecule has 1 aliphatic carbocycles. The molecular formula is C23H34ClNO4Si. The minimum atomic E-state index is -1.82. The van der Waals surface area contributed by atoms with Crippen LogP contribution in [0.1, 0.15) is 68.8 Å². The second-order valence-electron chi connectivity index (χ2n) is 10.4. The van der Waals surface area contributed by atoms with Crippen LogP contribution in [0.3, 0.4) is 0 Å². The van der Waals surface area contributed by atoms with Gasteiger partial charge < -0.3 is 14.4 Å². The van der Waals surface area contributed by atoms with E-state index < -0.39 is 14.3 Å². The molecule has 5 nitrogen and oxygen atoms in total. The van der Waals surface area contributed by atoms with Crippen molar-refractivity contribution in [3.8, 4) is 0 Å². The summed E-state index contributed by atoms with van der Waals surface area (Å²) >= 11 is 6.48. The zero-order valence-corrected chi connectivity index (χ0v) is 20.7. The Morgan fingerprint density at radius 3 is 2.37 bits per heavy atom. The van der Waals surface area contributed by atoms with Crippen molar-refractivity contribution < 1.29 is 19.1 Å². The molecule has 0 radical (unpaired) electrons. The number of hydrogen-bond donors (Lipinski definition) is 1. The largest absolute Gasteiger partial charge is 0.478 e. The smallest absolute Gasteiger partial charge is 0.336 e. The molecule has 0 unspecified atom stereocenters. The summed E-state index contributed by atoms with van der Waals surface area (Å²) in [5.41, 5.74) is 0.965. The number of anilines is 1. The van der Waals surface area contributed by atoms with Gasteiger partial charge in [0.1, 0.15) is 0 Å². The van der Waals surface area contributed by atoms with Crippen LogP contribution < -0.4 is 4.90 Å². The molecule has 1 saturated carbocycles. The second-order valence-corrected chi connectivity index (χ2v) is 15.6. The number of carboxylic acid groups (broad SMARTS) is 1. The van der Waals surface area contributed by atoms with Crippen LogP contribution >= 0.6 is 11.6 Å². The average molecular weight is 452 g/mol. The number of benzene rings is 1. The molecule has 1 aromatic carbocycles. The van der Waals surface area contributed by atoms with Crippen LogP contribution in [-0.4, -0.2) is 37.9 Å². The summed E-state index contributed by atoms with van der Waals surface area (Å²) in [6.45, 7) is 13.6. The van der Waals surface area contributed by atoms with Gasteiger partial charge in [-0.05, 0) is 74.9 Å². The van der Waals surface area contributed by atoms with Crippen molar-refractivity contribution in [2.45, 2.75) is 84.0 Å². The first kappa shape index (κ1) is 23.3. The van der Waals surface area contributed by atoms with Gasteiger partial charge in [-0.25, -0.2) is 4.79 Å². The summed E-state index contributed by atoms with van der Waals surface area (Å²) in [6, 6.07) is 3.21. The number of aromatic carboxylic acids is 1. The van der Waals surface area contributed by atoms with Crippen LogP contribution in [0.2, 0.25) is 23.2 Å². The number of halogens is 1. The van der Waals surface area contributed by atoms with Crippen molar-refractivity contribution in [1.29, 1.82) is 0 Å². The highest BCUT2D eigenvalue weighted by Crippen LogP contribution is 2.49. The first-order chi connectivity index (χ1) is 13.8. The van der Waals surface area contributed by atoms with Crippen LogP contribution in [0.15, 0.2) is 12.1 Å². The highest BCUT2D eigenvalue weighted by molar-refractivity contribution is 6.74. The number of hydrogen-bond acceptors (Lipinski definition) is 3. The maximum absolute atomic E-state index is 13.4. The highest BCUT2D eigenvalue weighted by atomic mass is 35.5. The van der Waals surface area contributed by atoms with Gasteiger partial charge in [0.15, 0.2) is 8.32 Å². The molecule has 1 aromatic rings. The first-order valence-electron chi connectivity index (χ1n) is 10.8. The summed E-state index contributed by atoms with van der Waals surface area (Å²) in [5.74, 6) is -0.886. The summed E-state index contributed by atoms with van der Waals surface area (Å²) in [7, 11) is -1.82. The second kappa shape index (κ2) is 7.95. The van der Waals surface area contributed by atoms with Crippen LogP contribution in [0.5, 0.6) is 0 Å². The van der Waals surface area contributed by atoms with Gasteiger partial charge in [0.2, 0.25) is 5.91 Å². The Bertz CT molecular complexity index is 853. The average Bonchev–Trinajstić information content (AvgIpc) is 2.94. The van der Waals surface area contributed by atoms with E-state index in [4.69, 9.17) is 16.0 Å². The minimum absolute atomic E-state index is 0.123. The summed E-state index contributed by atoms with van der Waals surface area (Å²) < 4.78 is 6.60. The zero-order valence-electron chi connectivity index (χ0n) is 19.0. The predicted molar refractivity (Wildman–Crippen MR) is 123 cm³/mol. The van der Waals surface area contributed by atoms with E-state index in [1.54, 1.807) is 24.0 Å². The summed E-state index contributed by atoms with van der Waals surface area (Å²) in [5, 5.41) is 9.84. The highest BCUT2D eigenvalue weighted by Gasteiger charge is 2.50. The Balaban J connectivity index is 1.73. The van der Waals surface area contributed by atoms with Gasteiger partial charge in [0.25, 0.3) is 0 Å². The molecule has 0 aromatic heterocycles. The normalized spacial score (nSPS) is 25.2. The van der Waals surface area contributed by atoms with Crippen molar-refractivity contribution in [2.24, 2.45) is 5.41 Å². The molecule has 1 N–H and O–H groups in total. The molecule has 1 amide bonds. The number of carbonyl (C=O) groups is 2. The number of amides is 1. The number of carboxylic acids is 1. The van der Waals surface area contributed by atoms with E-state index in [9.17, 15) is 14.7 Å². The van der Waals surface area contributed by atoms with Crippen molar-refractivity contribution in [3.63, 3.8) is 0 Å². The molecule has 1 spiro atoms. The molecule has 1 saturated heterocycles. The zero-order chi connectivity index (χ0) is 22.5. The third-order valence-corrected chi connectivity index (χ3v) is 12.6. The lowest BCUT2D eigenvalue weighted by molar-refractivity contribution is -0.128. The number of carbonyl (C=O) groups excluding carboxylic acids is 1. The van der Waals surface area contributed by atoms with E-state index in [0.717, 1.165) is 32.1 Å². The lowest BCUT2D eigenvalue weighted by Gasteiger charge is -2.43. The van der Waals surface area contributed by atoms with Gasteiger partial charge in [0, 0.05) is 12.6 Å². The van der Waals surface area contributed by atoms with E-state index in [0.29, 0.717) is 22.8 Å². The van der Waals surface area contributed by atoms with E-state index in [-0.39, 0.29) is 28.0 Å². The third-order valence-electron chi connectivity index (χ3n) is 7.56. The monoisotopic (exact) mass is 451 g/mol. The van der Waals surface area contributed by atoms with Crippen LogP contribution in [0, 0.1) is 12.3 Å². The van der Waals surface area contributed by atoms with Gasteiger partial charge in [0.05, 0.1) is 21.7 Å². The molecule has 1 heterocycles. The lowest BCUT2D eigenvalue weighted by Crippen LogP contribution is -2.46. The van der Waals surface area contributed by atoms with Crippen molar-refractivity contribution in [3.05, 3.63) is 28.3 Å². The van der Waals surface area contributed by atoms with Crippen molar-refractivity contribution in [2.75, 3.05) is 11.4 Å². The standard InChI is InChI=1S/C23H34ClNO4Si/c1-15-17(20(26)27)7-8-18(19(15)24)25-14-13-23(21(25)28)11-9-16(10-12-23)29-30(5,6)22(2,3)4/h7-8,16H,9-14H2,1-6H3,(H,26,27). The fraction of sp³-hybridized carbons (Fsp3) is 0.652. The minimum Gasteiger partial charge on any atom is -0.478 e. The van der Waals surface area contributed by atoms with Crippen LogP contribution in [-0.2, 0) is 9.22 Å². The Morgan fingerprint density at radius 1 is 1.23 bits per heavy atom. The Hall–Kier alpha value is -1.37. The first-order valence-corrected chi connectivity index (χ1v) is 14.1. The quantitative estimate of drug-likeness (QED) is 0.567. The van der Waals surface area contributed by atoms with Crippen molar-refractivity contribution >= 4 is 37.5 Å². The Labute approximate surface area is 185 Å². The van der Waals surface area contributed by atoms with E-state index in [1.807, 2.05) is 0 Å². The van der Waals surface area contributed by atoms with Gasteiger partial charge in [-0.1, -0.05) is 32.4 Å². The van der Waals surface area contributed by atoms with Gasteiger partial charge in [-0.2, -0.15) is 0 Å². The van der Waals surface area contributed by atoms with Gasteiger partial charge in [-0.3, -0.25) is 4.79 Å². The molecule has 2 fully saturated rings. The van der Waals surface area contributed by atoms with Crippen LogP contribution in [0.25, 0.3) is 0 Å². The SMILES string of the molecule is Cc1c(C(=O)O)ccc(N2CCC3(CCC(O[Si](C)(C)C(C)(C)C)CC3)C2=O)c1Cl. The third kappa shape index (κ3) is 4.06. The molecule has 7 heteroatoms. The molecule has 2 aliphatic rings. The molecule has 166 valence electrons. The molecule has 3 rings (SSSR count). The number of nitrogens with zero attached hydrogens (tertiary/aromatic N) is 1. The van der Waals surface area contributed by atoms with Crippen LogP contribution in [0.4, 0.5) is 5.69 Å². The maximum Gasteiger partial charge on any atom is 0.336 e. The van der Waals surface area contributed by atoms with Gasteiger partial charge in [-0.15, -0.1) is 0 Å². The van der Waals surface area contributed by atoms with E-state index in [1.165, 1.54) is 0 Å². The van der Waals surface area contributed by atoms with Crippen molar-refractivity contribution in [1.82, 2.24) is 0 Å². The van der Waals surface area contributed by atoms with Gasteiger partial charge >= 0.3 is 5.97 Å². The molecule has 0 bridgehead atoms.